The average molecular weight is 247 g/mol. The zero-order chi connectivity index (χ0) is 13.1. The van der Waals surface area contributed by atoms with Crippen molar-refractivity contribution in [2.75, 3.05) is 13.6 Å². The van der Waals surface area contributed by atoms with Crippen LogP contribution < -0.4 is 5.32 Å². The van der Waals surface area contributed by atoms with Gasteiger partial charge in [0.25, 0.3) is 0 Å². The normalized spacial score (nSPS) is 29.4. The fourth-order valence-corrected chi connectivity index (χ4v) is 2.90. The van der Waals surface area contributed by atoms with E-state index in [-0.39, 0.29) is 0 Å². The van der Waals surface area contributed by atoms with Gasteiger partial charge in [0.05, 0.1) is 0 Å². The first kappa shape index (κ1) is 13.5. The van der Waals surface area contributed by atoms with Gasteiger partial charge in [0.2, 0.25) is 0 Å². The second-order valence-corrected chi connectivity index (χ2v) is 5.56. The molecule has 3 unspecified atom stereocenters. The number of nitrogens with zero attached hydrogens (tertiary/aromatic N) is 2. The summed E-state index contributed by atoms with van der Waals surface area (Å²) in [6, 6.07) is 5.58. The lowest BCUT2D eigenvalue weighted by molar-refractivity contribution is 0.0810. The molecule has 3 heteroatoms. The molecule has 1 aliphatic heterocycles. The standard InChI is InChI=1S/C15H25N3/c1-11-5-6-14(9-17-11)10-18-8-7-15(16-4)12(2)13(18)3/h5-6,9,12-13,15-16H,7-8,10H2,1-4H3. The van der Waals surface area contributed by atoms with E-state index in [0.29, 0.717) is 18.0 Å². The second kappa shape index (κ2) is 5.81. The van der Waals surface area contributed by atoms with Crippen LogP contribution in [0.25, 0.3) is 0 Å². The predicted octanol–water partition coefficient (Wildman–Crippen LogP) is 2.21. The molecule has 1 N–H and O–H groups in total. The molecular weight excluding hydrogens is 222 g/mol. The number of piperidine rings is 1. The van der Waals surface area contributed by atoms with Crippen molar-refractivity contribution in [2.24, 2.45) is 5.92 Å². The zero-order valence-electron chi connectivity index (χ0n) is 12.0. The Bertz CT molecular complexity index is 374. The van der Waals surface area contributed by atoms with Crippen LogP contribution in [0.2, 0.25) is 0 Å². The molecule has 0 aliphatic carbocycles. The van der Waals surface area contributed by atoms with Crippen molar-refractivity contribution in [2.45, 2.75) is 45.8 Å². The Kier molecular flexibility index (Phi) is 4.36. The van der Waals surface area contributed by atoms with Crippen molar-refractivity contribution >= 4 is 0 Å². The zero-order valence-corrected chi connectivity index (χ0v) is 12.0. The van der Waals surface area contributed by atoms with E-state index in [1.54, 1.807) is 0 Å². The molecule has 18 heavy (non-hydrogen) atoms. The van der Waals surface area contributed by atoms with Gasteiger partial charge in [0.1, 0.15) is 0 Å². The van der Waals surface area contributed by atoms with Crippen LogP contribution in [-0.4, -0.2) is 35.6 Å². The van der Waals surface area contributed by atoms with Gasteiger partial charge >= 0.3 is 0 Å². The highest BCUT2D eigenvalue weighted by atomic mass is 15.2. The molecule has 1 fully saturated rings. The summed E-state index contributed by atoms with van der Waals surface area (Å²) in [4.78, 5) is 6.96. The van der Waals surface area contributed by atoms with Crippen LogP contribution in [0, 0.1) is 12.8 Å². The van der Waals surface area contributed by atoms with E-state index in [1.807, 2.05) is 13.1 Å². The first-order valence-electron chi connectivity index (χ1n) is 6.94. The minimum absolute atomic E-state index is 0.623. The molecule has 0 bridgehead atoms. The minimum Gasteiger partial charge on any atom is -0.317 e. The molecule has 1 aliphatic rings. The maximum Gasteiger partial charge on any atom is 0.0372 e. The molecule has 3 nitrogen and oxygen atoms in total. The average Bonchev–Trinajstić information content (AvgIpc) is 2.38. The van der Waals surface area contributed by atoms with Crippen LogP contribution in [0.1, 0.15) is 31.5 Å². The van der Waals surface area contributed by atoms with Crippen molar-refractivity contribution in [3.05, 3.63) is 29.6 Å². The molecule has 0 saturated carbocycles. The summed E-state index contributed by atoms with van der Waals surface area (Å²) in [6.45, 7) is 8.92. The van der Waals surface area contributed by atoms with Crippen molar-refractivity contribution in [3.8, 4) is 0 Å². The summed E-state index contributed by atoms with van der Waals surface area (Å²) in [5.74, 6) is 0.696. The highest BCUT2D eigenvalue weighted by Crippen LogP contribution is 2.24. The topological polar surface area (TPSA) is 28.2 Å². The van der Waals surface area contributed by atoms with E-state index in [4.69, 9.17) is 0 Å². The van der Waals surface area contributed by atoms with E-state index < -0.39 is 0 Å². The summed E-state index contributed by atoms with van der Waals surface area (Å²) in [5.41, 5.74) is 2.41. The number of hydrogen-bond acceptors (Lipinski definition) is 3. The van der Waals surface area contributed by atoms with E-state index in [0.717, 1.165) is 12.2 Å². The molecule has 1 saturated heterocycles. The summed E-state index contributed by atoms with van der Waals surface area (Å²) in [7, 11) is 2.08. The van der Waals surface area contributed by atoms with Gasteiger partial charge in [-0.15, -0.1) is 0 Å². The van der Waals surface area contributed by atoms with Crippen molar-refractivity contribution in [1.82, 2.24) is 15.2 Å². The summed E-state index contributed by atoms with van der Waals surface area (Å²) < 4.78 is 0. The number of hydrogen-bond donors (Lipinski definition) is 1. The molecule has 3 atom stereocenters. The van der Waals surface area contributed by atoms with Crippen LogP contribution in [0.15, 0.2) is 18.3 Å². The predicted molar refractivity (Wildman–Crippen MR) is 75.5 cm³/mol. The van der Waals surface area contributed by atoms with E-state index >= 15 is 0 Å². The van der Waals surface area contributed by atoms with Gasteiger partial charge < -0.3 is 5.32 Å². The molecule has 0 radical (unpaired) electrons. The first-order chi connectivity index (χ1) is 8.61. The number of aryl methyl sites for hydroxylation is 1. The molecule has 0 spiro atoms. The van der Waals surface area contributed by atoms with Gasteiger partial charge in [-0.1, -0.05) is 13.0 Å². The van der Waals surface area contributed by atoms with Gasteiger partial charge in [0, 0.05) is 37.1 Å². The van der Waals surface area contributed by atoms with E-state index in [2.05, 4.69) is 48.2 Å². The smallest absolute Gasteiger partial charge is 0.0372 e. The maximum absolute atomic E-state index is 4.38. The Morgan fingerprint density at radius 1 is 1.39 bits per heavy atom. The van der Waals surface area contributed by atoms with Gasteiger partial charge in [-0.3, -0.25) is 9.88 Å². The Labute approximate surface area is 111 Å². The van der Waals surface area contributed by atoms with Gasteiger partial charge in [-0.2, -0.15) is 0 Å². The molecule has 0 amide bonds. The maximum atomic E-state index is 4.38. The third-order valence-electron chi connectivity index (χ3n) is 4.43. The summed E-state index contributed by atoms with van der Waals surface area (Å²) in [5, 5.41) is 3.44. The lowest BCUT2D eigenvalue weighted by Crippen LogP contribution is -2.52. The summed E-state index contributed by atoms with van der Waals surface area (Å²) in [6.07, 6.45) is 3.25. The quantitative estimate of drug-likeness (QED) is 0.887. The molecule has 2 rings (SSSR count). The SMILES string of the molecule is CNC1CCN(Cc2ccc(C)nc2)C(C)C1C. The fraction of sp³-hybridized carbons (Fsp3) is 0.667. The molecule has 100 valence electrons. The van der Waals surface area contributed by atoms with Crippen LogP contribution >= 0.6 is 0 Å². The van der Waals surface area contributed by atoms with Crippen molar-refractivity contribution in [3.63, 3.8) is 0 Å². The molecule has 1 aromatic heterocycles. The number of aromatic nitrogens is 1. The number of likely N-dealkylation sites (tertiary alicyclic amines) is 1. The van der Waals surface area contributed by atoms with Gasteiger partial charge in [-0.25, -0.2) is 0 Å². The Balaban J connectivity index is 2.00. The third-order valence-corrected chi connectivity index (χ3v) is 4.43. The van der Waals surface area contributed by atoms with Gasteiger partial charge in [0.15, 0.2) is 0 Å². The third kappa shape index (κ3) is 2.90. The first-order valence-corrected chi connectivity index (χ1v) is 6.94. The Morgan fingerprint density at radius 3 is 2.78 bits per heavy atom. The Morgan fingerprint density at radius 2 is 2.17 bits per heavy atom. The van der Waals surface area contributed by atoms with E-state index in [9.17, 15) is 0 Å². The number of rotatable bonds is 3. The lowest BCUT2D eigenvalue weighted by Gasteiger charge is -2.42. The second-order valence-electron chi connectivity index (χ2n) is 5.56. The van der Waals surface area contributed by atoms with Crippen molar-refractivity contribution in [1.29, 1.82) is 0 Å². The van der Waals surface area contributed by atoms with Crippen LogP contribution in [-0.2, 0) is 6.54 Å². The highest BCUT2D eigenvalue weighted by molar-refractivity contribution is 5.13. The molecule has 2 heterocycles. The minimum atomic E-state index is 0.623. The molecule has 1 aromatic rings. The van der Waals surface area contributed by atoms with Crippen molar-refractivity contribution < 1.29 is 0 Å². The molecule has 0 aromatic carbocycles. The largest absolute Gasteiger partial charge is 0.317 e. The van der Waals surface area contributed by atoms with Crippen LogP contribution in [0.5, 0.6) is 0 Å². The monoisotopic (exact) mass is 247 g/mol. The molecular formula is C15H25N3. The number of nitrogens with one attached hydrogen (secondary N) is 1. The number of pyridine rings is 1. The Hall–Kier alpha value is -0.930. The van der Waals surface area contributed by atoms with Gasteiger partial charge in [-0.05, 0) is 44.9 Å². The summed E-state index contributed by atoms with van der Waals surface area (Å²) >= 11 is 0. The van der Waals surface area contributed by atoms with E-state index in [1.165, 1.54) is 18.5 Å². The highest BCUT2D eigenvalue weighted by Gasteiger charge is 2.31. The van der Waals surface area contributed by atoms with Crippen LogP contribution in [0.3, 0.4) is 0 Å². The van der Waals surface area contributed by atoms with Crippen LogP contribution in [0.4, 0.5) is 0 Å². The lowest BCUT2D eigenvalue weighted by atomic mass is 9.87. The fourth-order valence-electron chi connectivity index (χ4n) is 2.90.